The van der Waals surface area contributed by atoms with E-state index in [-0.39, 0.29) is 11.5 Å². The van der Waals surface area contributed by atoms with E-state index in [9.17, 15) is 0 Å². The van der Waals surface area contributed by atoms with Gasteiger partial charge in [0.15, 0.2) is 0 Å². The summed E-state index contributed by atoms with van der Waals surface area (Å²) in [5.41, 5.74) is 3.52. The van der Waals surface area contributed by atoms with Gasteiger partial charge in [0.25, 0.3) is 0 Å². The highest BCUT2D eigenvalue weighted by atomic mass is 35.5. The standard InChI is InChI=1S/C18H19ClO2/c1-12-9-15-10-13(7-8-18(15)21-12)16(19)11-14-5-3-4-6-17(14)20-2/h3-8,10,12,16H,9,11H2,1-2H3. The third-order valence-electron chi connectivity index (χ3n) is 3.87. The average molecular weight is 303 g/mol. The van der Waals surface area contributed by atoms with Gasteiger partial charge < -0.3 is 9.47 Å². The molecule has 110 valence electrons. The molecular weight excluding hydrogens is 284 g/mol. The van der Waals surface area contributed by atoms with E-state index in [4.69, 9.17) is 21.1 Å². The zero-order valence-electron chi connectivity index (χ0n) is 12.3. The van der Waals surface area contributed by atoms with Gasteiger partial charge in [-0.2, -0.15) is 0 Å². The van der Waals surface area contributed by atoms with Gasteiger partial charge in [0.05, 0.1) is 12.5 Å². The van der Waals surface area contributed by atoms with Gasteiger partial charge in [0.2, 0.25) is 0 Å². The van der Waals surface area contributed by atoms with E-state index >= 15 is 0 Å². The lowest BCUT2D eigenvalue weighted by Gasteiger charge is -2.13. The first-order chi connectivity index (χ1) is 10.2. The number of hydrogen-bond acceptors (Lipinski definition) is 2. The van der Waals surface area contributed by atoms with Crippen LogP contribution < -0.4 is 9.47 Å². The summed E-state index contributed by atoms with van der Waals surface area (Å²) in [6.45, 7) is 2.09. The predicted molar refractivity (Wildman–Crippen MR) is 85.5 cm³/mol. The molecule has 0 spiro atoms. The van der Waals surface area contributed by atoms with Crippen LogP contribution in [0.25, 0.3) is 0 Å². The van der Waals surface area contributed by atoms with Crippen molar-refractivity contribution in [3.63, 3.8) is 0 Å². The quantitative estimate of drug-likeness (QED) is 0.772. The minimum absolute atomic E-state index is 0.0671. The van der Waals surface area contributed by atoms with Gasteiger partial charge in [0.1, 0.15) is 17.6 Å². The maximum Gasteiger partial charge on any atom is 0.123 e. The molecular formula is C18H19ClO2. The predicted octanol–water partition coefficient (Wildman–Crippen LogP) is 4.54. The van der Waals surface area contributed by atoms with Gasteiger partial charge in [-0.1, -0.05) is 30.3 Å². The van der Waals surface area contributed by atoms with Gasteiger partial charge in [-0.05, 0) is 42.2 Å². The zero-order valence-corrected chi connectivity index (χ0v) is 13.1. The summed E-state index contributed by atoms with van der Waals surface area (Å²) in [6.07, 6.45) is 1.97. The molecule has 1 heterocycles. The van der Waals surface area contributed by atoms with Gasteiger partial charge in [-0.25, -0.2) is 0 Å². The van der Waals surface area contributed by atoms with Crippen molar-refractivity contribution in [2.45, 2.75) is 31.2 Å². The fraction of sp³-hybridized carbons (Fsp3) is 0.333. The van der Waals surface area contributed by atoms with Crippen LogP contribution in [0.4, 0.5) is 0 Å². The summed E-state index contributed by atoms with van der Waals surface area (Å²) in [5, 5.41) is -0.0671. The molecule has 0 radical (unpaired) electrons. The van der Waals surface area contributed by atoms with Crippen LogP contribution in [-0.4, -0.2) is 13.2 Å². The molecule has 2 aromatic carbocycles. The van der Waals surface area contributed by atoms with Crippen molar-refractivity contribution >= 4 is 11.6 Å². The van der Waals surface area contributed by atoms with Crippen LogP contribution in [0, 0.1) is 0 Å². The lowest BCUT2D eigenvalue weighted by atomic mass is 10.00. The van der Waals surface area contributed by atoms with Crippen molar-refractivity contribution in [1.29, 1.82) is 0 Å². The first-order valence-corrected chi connectivity index (χ1v) is 7.66. The maximum atomic E-state index is 6.61. The van der Waals surface area contributed by atoms with Crippen molar-refractivity contribution in [3.05, 3.63) is 59.2 Å². The first kappa shape index (κ1) is 14.3. The molecule has 1 aliphatic heterocycles. The summed E-state index contributed by atoms with van der Waals surface area (Å²) < 4.78 is 11.1. The van der Waals surface area contributed by atoms with Crippen molar-refractivity contribution in [2.75, 3.05) is 7.11 Å². The normalized spacial score (nSPS) is 18.0. The molecule has 2 nitrogen and oxygen atoms in total. The van der Waals surface area contributed by atoms with Crippen molar-refractivity contribution in [2.24, 2.45) is 0 Å². The first-order valence-electron chi connectivity index (χ1n) is 7.23. The van der Waals surface area contributed by atoms with Crippen molar-refractivity contribution in [3.8, 4) is 11.5 Å². The van der Waals surface area contributed by atoms with Crippen molar-refractivity contribution < 1.29 is 9.47 Å². The van der Waals surface area contributed by atoms with Crippen LogP contribution in [0.15, 0.2) is 42.5 Å². The van der Waals surface area contributed by atoms with E-state index in [2.05, 4.69) is 25.1 Å². The van der Waals surface area contributed by atoms with Crippen LogP contribution >= 0.6 is 11.6 Å². The largest absolute Gasteiger partial charge is 0.496 e. The number of fused-ring (bicyclic) bond motifs is 1. The molecule has 0 N–H and O–H groups in total. The van der Waals surface area contributed by atoms with E-state index < -0.39 is 0 Å². The van der Waals surface area contributed by atoms with E-state index in [0.717, 1.165) is 35.5 Å². The Morgan fingerprint density at radius 2 is 2.10 bits per heavy atom. The monoisotopic (exact) mass is 302 g/mol. The Hall–Kier alpha value is -1.67. The minimum Gasteiger partial charge on any atom is -0.496 e. The summed E-state index contributed by atoms with van der Waals surface area (Å²) in [7, 11) is 1.69. The second kappa shape index (κ2) is 5.98. The Kier molecular flexibility index (Phi) is 4.07. The molecule has 0 saturated heterocycles. The highest BCUT2D eigenvalue weighted by Gasteiger charge is 2.21. The zero-order chi connectivity index (χ0) is 14.8. The number of rotatable bonds is 4. The highest BCUT2D eigenvalue weighted by molar-refractivity contribution is 6.21. The Balaban J connectivity index is 1.80. The Bertz CT molecular complexity index is 639. The smallest absolute Gasteiger partial charge is 0.123 e. The number of alkyl halides is 1. The van der Waals surface area contributed by atoms with Crippen LogP contribution in [0.5, 0.6) is 11.5 Å². The SMILES string of the molecule is COc1ccccc1CC(Cl)c1ccc2c(c1)CC(C)O2. The molecule has 3 rings (SSSR count). The molecule has 0 aromatic heterocycles. The lowest BCUT2D eigenvalue weighted by molar-refractivity contribution is 0.254. The highest BCUT2D eigenvalue weighted by Crippen LogP contribution is 2.35. The molecule has 0 saturated carbocycles. The number of halogens is 1. The second-order valence-corrected chi connectivity index (χ2v) is 6.01. The second-order valence-electron chi connectivity index (χ2n) is 5.48. The summed E-state index contributed by atoms with van der Waals surface area (Å²) in [6, 6.07) is 14.3. The Labute approximate surface area is 130 Å². The Morgan fingerprint density at radius 3 is 2.90 bits per heavy atom. The van der Waals surface area contributed by atoms with Crippen molar-refractivity contribution in [1.82, 2.24) is 0 Å². The molecule has 2 aromatic rings. The molecule has 2 atom stereocenters. The van der Waals surface area contributed by atoms with Crippen LogP contribution in [0.1, 0.15) is 29.0 Å². The van der Waals surface area contributed by atoms with Gasteiger partial charge in [-0.3, -0.25) is 0 Å². The number of hydrogen-bond donors (Lipinski definition) is 0. The fourth-order valence-electron chi connectivity index (χ4n) is 2.82. The summed E-state index contributed by atoms with van der Waals surface area (Å²) in [5.74, 6) is 1.88. The van der Waals surface area contributed by atoms with E-state index in [1.165, 1.54) is 5.56 Å². The third kappa shape index (κ3) is 3.01. The van der Waals surface area contributed by atoms with Crippen LogP contribution in [-0.2, 0) is 12.8 Å². The lowest BCUT2D eigenvalue weighted by Crippen LogP contribution is -2.05. The summed E-state index contributed by atoms with van der Waals surface area (Å²) >= 11 is 6.61. The molecule has 0 aliphatic carbocycles. The molecule has 1 aliphatic rings. The molecule has 21 heavy (non-hydrogen) atoms. The van der Waals surface area contributed by atoms with Gasteiger partial charge >= 0.3 is 0 Å². The fourth-order valence-corrected chi connectivity index (χ4v) is 3.12. The van der Waals surface area contributed by atoms with Gasteiger partial charge in [0, 0.05) is 6.42 Å². The molecule has 0 amide bonds. The molecule has 2 unspecified atom stereocenters. The molecule has 3 heteroatoms. The van der Waals surface area contributed by atoms with E-state index in [1.54, 1.807) is 7.11 Å². The number of benzene rings is 2. The molecule has 0 fully saturated rings. The minimum atomic E-state index is -0.0671. The van der Waals surface area contributed by atoms with Crippen LogP contribution in [0.3, 0.4) is 0 Å². The van der Waals surface area contributed by atoms with E-state index in [0.29, 0.717) is 0 Å². The number of methoxy groups -OCH3 is 1. The maximum absolute atomic E-state index is 6.61. The Morgan fingerprint density at radius 1 is 1.29 bits per heavy atom. The number of para-hydroxylation sites is 1. The summed E-state index contributed by atoms with van der Waals surface area (Å²) in [4.78, 5) is 0. The average Bonchev–Trinajstić information content (AvgIpc) is 2.86. The van der Waals surface area contributed by atoms with Crippen LogP contribution in [0.2, 0.25) is 0 Å². The van der Waals surface area contributed by atoms with E-state index in [1.807, 2.05) is 24.3 Å². The third-order valence-corrected chi connectivity index (χ3v) is 4.28. The number of ether oxygens (including phenoxy) is 2. The van der Waals surface area contributed by atoms with Gasteiger partial charge in [-0.15, -0.1) is 11.6 Å². The molecule has 0 bridgehead atoms. The topological polar surface area (TPSA) is 18.5 Å².